The summed E-state index contributed by atoms with van der Waals surface area (Å²) in [6.45, 7) is -0.199. The highest BCUT2D eigenvalue weighted by Gasteiger charge is 2.21. The van der Waals surface area contributed by atoms with Gasteiger partial charge in [0.2, 0.25) is 4.96 Å². The van der Waals surface area contributed by atoms with Gasteiger partial charge >= 0.3 is 5.97 Å². The van der Waals surface area contributed by atoms with Gasteiger partial charge in [0.15, 0.2) is 0 Å². The van der Waals surface area contributed by atoms with Gasteiger partial charge in [0.1, 0.15) is 17.4 Å². The van der Waals surface area contributed by atoms with Crippen molar-refractivity contribution in [2.24, 2.45) is 0 Å². The van der Waals surface area contributed by atoms with Gasteiger partial charge in [-0.3, -0.25) is 4.79 Å². The van der Waals surface area contributed by atoms with Gasteiger partial charge in [-0.2, -0.15) is 9.61 Å². The third-order valence-electron chi connectivity index (χ3n) is 4.71. The summed E-state index contributed by atoms with van der Waals surface area (Å²) in [6.07, 6.45) is 5.78. The van der Waals surface area contributed by atoms with Gasteiger partial charge in [0.05, 0.1) is 11.3 Å². The van der Waals surface area contributed by atoms with E-state index in [1.807, 2.05) is 0 Å². The van der Waals surface area contributed by atoms with Gasteiger partial charge in [-0.15, -0.1) is 0 Å². The first-order valence-electron chi connectivity index (χ1n) is 8.93. The van der Waals surface area contributed by atoms with Gasteiger partial charge in [-0.1, -0.05) is 42.7 Å². The normalized spacial score (nSPS) is 15.1. The second-order valence-electron chi connectivity index (χ2n) is 6.61. The molecule has 0 aliphatic heterocycles. The number of rotatable bonds is 4. The van der Waals surface area contributed by atoms with Gasteiger partial charge in [0, 0.05) is 12.0 Å². The van der Waals surface area contributed by atoms with E-state index in [1.54, 1.807) is 6.07 Å². The smallest absolute Gasteiger partial charge is 0.341 e. The lowest BCUT2D eigenvalue weighted by atomic mass is 9.90. The molecule has 0 radical (unpaired) electrons. The summed E-state index contributed by atoms with van der Waals surface area (Å²) in [5.74, 6) is -1.06. The zero-order valence-corrected chi connectivity index (χ0v) is 15.4. The predicted octanol–water partition coefficient (Wildman–Crippen LogP) is 3.69. The fourth-order valence-corrected chi connectivity index (χ4v) is 4.40. The van der Waals surface area contributed by atoms with Crippen molar-refractivity contribution in [3.8, 4) is 0 Å². The molecular weight excluding hydrogens is 369 g/mol. The highest BCUT2D eigenvalue weighted by molar-refractivity contribution is 7.16. The molecule has 2 aromatic heterocycles. The van der Waals surface area contributed by atoms with E-state index in [9.17, 15) is 14.0 Å². The van der Waals surface area contributed by atoms with Crippen molar-refractivity contribution >= 4 is 22.3 Å². The number of carbonyl (C=O) groups excluding carboxylic acids is 1. The second-order valence-corrected chi connectivity index (χ2v) is 7.60. The average Bonchev–Trinajstić information content (AvgIpc) is 3.12. The molecule has 2 heterocycles. The Morgan fingerprint density at radius 1 is 1.26 bits per heavy atom. The van der Waals surface area contributed by atoms with E-state index in [0.29, 0.717) is 16.6 Å². The number of fused-ring (bicyclic) bond motifs is 1. The molecule has 27 heavy (non-hydrogen) atoms. The standard InChI is InChI=1S/C19H18FN3O3S/c20-15-9-5-4-8-14(15)18(25)26-11-13-10-16(24)23-19(21-13)27-17(22-23)12-6-2-1-3-7-12/h4-5,8-10,12H,1-3,6-7,11H2. The molecule has 0 unspecified atom stereocenters. The van der Waals surface area contributed by atoms with Crippen molar-refractivity contribution < 1.29 is 13.9 Å². The summed E-state index contributed by atoms with van der Waals surface area (Å²) in [7, 11) is 0. The van der Waals surface area contributed by atoms with Crippen LogP contribution in [0.25, 0.3) is 4.96 Å². The number of carbonyl (C=O) groups is 1. The molecule has 0 atom stereocenters. The summed E-state index contributed by atoms with van der Waals surface area (Å²) in [5.41, 5.74) is -0.133. The first kappa shape index (κ1) is 17.8. The zero-order valence-electron chi connectivity index (χ0n) is 14.6. The SMILES string of the molecule is O=C(OCc1cc(=O)n2nc(C3CCCCC3)sc2n1)c1ccccc1F. The largest absolute Gasteiger partial charge is 0.455 e. The molecule has 0 N–H and O–H groups in total. The topological polar surface area (TPSA) is 73.6 Å². The molecule has 4 rings (SSSR count). The average molecular weight is 387 g/mol. The Bertz CT molecular complexity index is 1040. The number of nitrogens with zero attached hydrogens (tertiary/aromatic N) is 3. The molecule has 1 aliphatic carbocycles. The van der Waals surface area contributed by atoms with Crippen LogP contribution in [-0.2, 0) is 11.3 Å². The maximum atomic E-state index is 13.6. The van der Waals surface area contributed by atoms with E-state index < -0.39 is 11.8 Å². The molecule has 140 valence electrons. The van der Waals surface area contributed by atoms with E-state index in [-0.39, 0.29) is 17.7 Å². The summed E-state index contributed by atoms with van der Waals surface area (Å²) in [5, 5.41) is 5.36. The van der Waals surface area contributed by atoms with Crippen LogP contribution in [0.4, 0.5) is 4.39 Å². The lowest BCUT2D eigenvalue weighted by molar-refractivity contribution is 0.0462. The fourth-order valence-electron chi connectivity index (χ4n) is 3.30. The van der Waals surface area contributed by atoms with E-state index in [2.05, 4.69) is 10.1 Å². The summed E-state index contributed by atoms with van der Waals surface area (Å²) in [4.78, 5) is 29.2. The Balaban J connectivity index is 1.53. The van der Waals surface area contributed by atoms with Crippen LogP contribution in [0.15, 0.2) is 35.1 Å². The minimum absolute atomic E-state index is 0.146. The number of benzene rings is 1. The number of esters is 1. The summed E-state index contributed by atoms with van der Waals surface area (Å²) >= 11 is 1.41. The quantitative estimate of drug-likeness (QED) is 0.638. The van der Waals surface area contributed by atoms with Crippen molar-refractivity contribution in [1.82, 2.24) is 14.6 Å². The Hall–Kier alpha value is -2.61. The minimum atomic E-state index is -0.790. The van der Waals surface area contributed by atoms with Crippen molar-refractivity contribution in [2.75, 3.05) is 0 Å². The van der Waals surface area contributed by atoms with Crippen molar-refractivity contribution in [3.63, 3.8) is 0 Å². The lowest BCUT2D eigenvalue weighted by Crippen LogP contribution is -2.17. The van der Waals surface area contributed by atoms with Crippen LogP contribution < -0.4 is 5.56 Å². The molecule has 1 saturated carbocycles. The van der Waals surface area contributed by atoms with Crippen LogP contribution in [0.1, 0.15) is 59.1 Å². The maximum Gasteiger partial charge on any atom is 0.341 e. The number of halogens is 1. The number of hydrogen-bond acceptors (Lipinski definition) is 6. The molecule has 6 nitrogen and oxygen atoms in total. The third kappa shape index (κ3) is 3.75. The number of aromatic nitrogens is 3. The van der Waals surface area contributed by atoms with Crippen LogP contribution in [-0.4, -0.2) is 20.6 Å². The van der Waals surface area contributed by atoms with Crippen LogP contribution in [0.3, 0.4) is 0 Å². The minimum Gasteiger partial charge on any atom is -0.455 e. The zero-order chi connectivity index (χ0) is 18.8. The molecule has 1 aliphatic rings. The molecule has 0 amide bonds. The fraction of sp³-hybridized carbons (Fsp3) is 0.368. The predicted molar refractivity (Wildman–Crippen MR) is 98.5 cm³/mol. The van der Waals surface area contributed by atoms with Crippen molar-refractivity contribution in [3.05, 3.63) is 62.8 Å². The molecule has 1 fully saturated rings. The lowest BCUT2D eigenvalue weighted by Gasteiger charge is -2.18. The summed E-state index contributed by atoms with van der Waals surface area (Å²) in [6, 6.07) is 6.89. The second kappa shape index (κ2) is 7.56. The number of ether oxygens (including phenoxy) is 1. The van der Waals surface area contributed by atoms with E-state index >= 15 is 0 Å². The first-order valence-corrected chi connectivity index (χ1v) is 9.75. The molecule has 0 saturated heterocycles. The van der Waals surface area contributed by atoms with E-state index in [0.717, 1.165) is 17.8 Å². The molecular formula is C19H18FN3O3S. The first-order chi connectivity index (χ1) is 13.1. The molecule has 1 aromatic carbocycles. The Kier molecular flexibility index (Phi) is 4.98. The van der Waals surface area contributed by atoms with E-state index in [1.165, 1.54) is 59.4 Å². The van der Waals surface area contributed by atoms with Gasteiger partial charge in [0.25, 0.3) is 5.56 Å². The summed E-state index contributed by atoms with van der Waals surface area (Å²) < 4.78 is 20.1. The molecule has 3 aromatic rings. The molecule has 0 bridgehead atoms. The van der Waals surface area contributed by atoms with Crippen LogP contribution in [0.5, 0.6) is 0 Å². The van der Waals surface area contributed by atoms with Gasteiger partial charge in [-0.05, 0) is 25.0 Å². The third-order valence-corrected chi connectivity index (χ3v) is 5.78. The Morgan fingerprint density at radius 3 is 2.81 bits per heavy atom. The highest BCUT2D eigenvalue weighted by atomic mass is 32.1. The Labute approximate surface area is 158 Å². The highest BCUT2D eigenvalue weighted by Crippen LogP contribution is 2.34. The van der Waals surface area contributed by atoms with Crippen molar-refractivity contribution in [1.29, 1.82) is 0 Å². The van der Waals surface area contributed by atoms with Crippen LogP contribution >= 0.6 is 11.3 Å². The van der Waals surface area contributed by atoms with Crippen molar-refractivity contribution in [2.45, 2.75) is 44.6 Å². The van der Waals surface area contributed by atoms with E-state index in [4.69, 9.17) is 4.74 Å². The monoisotopic (exact) mass is 387 g/mol. The number of hydrogen-bond donors (Lipinski definition) is 0. The van der Waals surface area contributed by atoms with Gasteiger partial charge < -0.3 is 4.74 Å². The maximum absolute atomic E-state index is 13.6. The van der Waals surface area contributed by atoms with Crippen LogP contribution in [0.2, 0.25) is 0 Å². The van der Waals surface area contributed by atoms with Gasteiger partial charge in [-0.25, -0.2) is 14.2 Å². The molecule has 0 spiro atoms. The Morgan fingerprint density at radius 2 is 2.04 bits per heavy atom. The molecule has 8 heteroatoms. The van der Waals surface area contributed by atoms with Crippen LogP contribution in [0, 0.1) is 5.82 Å².